The molecule has 3 heteroatoms. The van der Waals surface area contributed by atoms with Crippen LogP contribution in [0.15, 0.2) is 24.3 Å². The third kappa shape index (κ3) is 5.38. The average Bonchev–Trinajstić information content (AvgIpc) is 2.32. The van der Waals surface area contributed by atoms with Crippen LogP contribution in [0.1, 0.15) is 38.2 Å². The van der Waals surface area contributed by atoms with Gasteiger partial charge >= 0.3 is 0 Å². The van der Waals surface area contributed by atoms with Crippen LogP contribution in [0, 0.1) is 0 Å². The van der Waals surface area contributed by atoms with E-state index in [1.165, 1.54) is 12.8 Å². The molecule has 0 spiro atoms. The Kier molecular flexibility index (Phi) is 6.15. The van der Waals surface area contributed by atoms with Gasteiger partial charge in [-0.15, -0.1) is 0 Å². The molecule has 2 N–H and O–H groups in total. The number of para-hydroxylation sites is 1. The summed E-state index contributed by atoms with van der Waals surface area (Å²) in [6.07, 6.45) is 4.86. The van der Waals surface area contributed by atoms with E-state index in [1.54, 1.807) is 18.2 Å². The SMILES string of the molecule is CCCCCCNC(=O)Cc1ccccc1O. The van der Waals surface area contributed by atoms with Gasteiger partial charge in [0.2, 0.25) is 5.91 Å². The molecule has 0 aliphatic heterocycles. The maximum atomic E-state index is 11.6. The molecule has 3 nitrogen and oxygen atoms in total. The lowest BCUT2D eigenvalue weighted by atomic mass is 10.1. The maximum Gasteiger partial charge on any atom is 0.224 e. The monoisotopic (exact) mass is 235 g/mol. The van der Waals surface area contributed by atoms with Crippen molar-refractivity contribution in [2.75, 3.05) is 6.54 Å². The molecule has 0 saturated carbocycles. The normalized spacial score (nSPS) is 10.2. The van der Waals surface area contributed by atoms with Crippen molar-refractivity contribution in [2.24, 2.45) is 0 Å². The van der Waals surface area contributed by atoms with E-state index in [-0.39, 0.29) is 18.1 Å². The van der Waals surface area contributed by atoms with Gasteiger partial charge in [-0.1, -0.05) is 44.4 Å². The zero-order valence-electron chi connectivity index (χ0n) is 10.4. The van der Waals surface area contributed by atoms with Crippen molar-refractivity contribution in [2.45, 2.75) is 39.0 Å². The van der Waals surface area contributed by atoms with Crippen molar-refractivity contribution in [3.63, 3.8) is 0 Å². The lowest BCUT2D eigenvalue weighted by molar-refractivity contribution is -0.120. The number of carbonyl (C=O) groups is 1. The number of benzene rings is 1. The fourth-order valence-electron chi connectivity index (χ4n) is 1.68. The molecular weight excluding hydrogens is 214 g/mol. The number of rotatable bonds is 7. The Bertz CT molecular complexity index is 350. The molecule has 0 unspecified atom stereocenters. The number of phenolic OH excluding ortho intramolecular Hbond substituents is 1. The number of phenols is 1. The zero-order valence-corrected chi connectivity index (χ0v) is 10.4. The number of hydrogen-bond acceptors (Lipinski definition) is 2. The van der Waals surface area contributed by atoms with Crippen molar-refractivity contribution < 1.29 is 9.90 Å². The standard InChI is InChI=1S/C14H21NO2/c1-2-3-4-7-10-15-14(17)11-12-8-5-6-9-13(12)16/h5-6,8-9,16H,2-4,7,10-11H2,1H3,(H,15,17). The minimum Gasteiger partial charge on any atom is -0.508 e. The van der Waals surface area contributed by atoms with Crippen molar-refractivity contribution in [1.29, 1.82) is 0 Å². The Balaban J connectivity index is 2.23. The first-order valence-electron chi connectivity index (χ1n) is 6.27. The predicted molar refractivity (Wildman–Crippen MR) is 69.0 cm³/mol. The molecule has 0 heterocycles. The number of nitrogens with one attached hydrogen (secondary N) is 1. The topological polar surface area (TPSA) is 49.3 Å². The minimum absolute atomic E-state index is 0.0250. The summed E-state index contributed by atoms with van der Waals surface area (Å²) in [5, 5.41) is 12.4. The molecule has 0 bridgehead atoms. The summed E-state index contributed by atoms with van der Waals surface area (Å²) >= 11 is 0. The van der Waals surface area contributed by atoms with Gasteiger partial charge in [0, 0.05) is 12.1 Å². The van der Waals surface area contributed by atoms with Crippen LogP contribution in [0.3, 0.4) is 0 Å². The lowest BCUT2D eigenvalue weighted by Gasteiger charge is -2.06. The van der Waals surface area contributed by atoms with E-state index in [0.717, 1.165) is 19.4 Å². The van der Waals surface area contributed by atoms with Crippen LogP contribution in [0.4, 0.5) is 0 Å². The second kappa shape index (κ2) is 7.71. The molecule has 0 aliphatic carbocycles. The van der Waals surface area contributed by atoms with Gasteiger partial charge in [0.1, 0.15) is 5.75 Å². The van der Waals surface area contributed by atoms with E-state index in [2.05, 4.69) is 12.2 Å². The summed E-state index contributed by atoms with van der Waals surface area (Å²) in [6, 6.07) is 6.95. The Labute approximate surface area is 103 Å². The fraction of sp³-hybridized carbons (Fsp3) is 0.500. The summed E-state index contributed by atoms with van der Waals surface area (Å²) in [6.45, 7) is 2.89. The number of aromatic hydroxyl groups is 1. The van der Waals surface area contributed by atoms with Crippen LogP contribution in [0.25, 0.3) is 0 Å². The quantitative estimate of drug-likeness (QED) is 0.714. The highest BCUT2D eigenvalue weighted by atomic mass is 16.3. The molecule has 0 saturated heterocycles. The minimum atomic E-state index is -0.0250. The van der Waals surface area contributed by atoms with E-state index in [1.807, 2.05) is 6.07 Å². The molecule has 0 fully saturated rings. The molecule has 1 aromatic carbocycles. The number of carbonyl (C=O) groups excluding carboxylic acids is 1. The Hall–Kier alpha value is -1.51. The molecule has 17 heavy (non-hydrogen) atoms. The molecule has 0 aromatic heterocycles. The van der Waals surface area contributed by atoms with E-state index in [4.69, 9.17) is 0 Å². The van der Waals surface area contributed by atoms with Gasteiger partial charge in [0.15, 0.2) is 0 Å². The summed E-state index contributed by atoms with van der Waals surface area (Å²) in [4.78, 5) is 11.6. The summed E-state index contributed by atoms with van der Waals surface area (Å²) in [5.41, 5.74) is 0.679. The smallest absolute Gasteiger partial charge is 0.224 e. The van der Waals surface area contributed by atoms with Crippen LogP contribution in [0.5, 0.6) is 5.75 Å². The predicted octanol–water partition coefficient (Wildman–Crippen LogP) is 2.63. The van der Waals surface area contributed by atoms with E-state index in [0.29, 0.717) is 5.56 Å². The second-order valence-electron chi connectivity index (χ2n) is 4.22. The van der Waals surface area contributed by atoms with Crippen molar-refractivity contribution >= 4 is 5.91 Å². The summed E-state index contributed by atoms with van der Waals surface area (Å²) in [7, 11) is 0. The van der Waals surface area contributed by atoms with Gasteiger partial charge in [-0.2, -0.15) is 0 Å². The Morgan fingerprint density at radius 3 is 2.71 bits per heavy atom. The molecule has 94 valence electrons. The molecule has 1 amide bonds. The first-order valence-corrected chi connectivity index (χ1v) is 6.27. The molecule has 0 aliphatic rings. The van der Waals surface area contributed by atoms with Crippen LogP contribution in [0.2, 0.25) is 0 Å². The van der Waals surface area contributed by atoms with Crippen LogP contribution in [-0.4, -0.2) is 17.6 Å². The first kappa shape index (κ1) is 13.6. The molecule has 0 atom stereocenters. The van der Waals surface area contributed by atoms with E-state index < -0.39 is 0 Å². The van der Waals surface area contributed by atoms with Gasteiger partial charge in [-0.3, -0.25) is 4.79 Å². The van der Waals surface area contributed by atoms with E-state index >= 15 is 0 Å². The molecule has 1 aromatic rings. The highest BCUT2D eigenvalue weighted by molar-refractivity contribution is 5.79. The number of hydrogen-bond donors (Lipinski definition) is 2. The largest absolute Gasteiger partial charge is 0.508 e. The Morgan fingerprint density at radius 1 is 1.24 bits per heavy atom. The number of amides is 1. The fourth-order valence-corrected chi connectivity index (χ4v) is 1.68. The Morgan fingerprint density at radius 2 is 2.00 bits per heavy atom. The van der Waals surface area contributed by atoms with Crippen LogP contribution < -0.4 is 5.32 Å². The van der Waals surface area contributed by atoms with Gasteiger partial charge in [0.25, 0.3) is 0 Å². The zero-order chi connectivity index (χ0) is 12.5. The second-order valence-corrected chi connectivity index (χ2v) is 4.22. The van der Waals surface area contributed by atoms with E-state index in [9.17, 15) is 9.90 Å². The van der Waals surface area contributed by atoms with Crippen LogP contribution in [-0.2, 0) is 11.2 Å². The number of unbranched alkanes of at least 4 members (excludes halogenated alkanes) is 3. The van der Waals surface area contributed by atoms with Gasteiger partial charge < -0.3 is 10.4 Å². The highest BCUT2D eigenvalue weighted by Gasteiger charge is 2.05. The lowest BCUT2D eigenvalue weighted by Crippen LogP contribution is -2.26. The van der Waals surface area contributed by atoms with Gasteiger partial charge in [-0.25, -0.2) is 0 Å². The van der Waals surface area contributed by atoms with Crippen molar-refractivity contribution in [1.82, 2.24) is 5.32 Å². The van der Waals surface area contributed by atoms with Gasteiger partial charge in [-0.05, 0) is 12.5 Å². The molecular formula is C14H21NO2. The van der Waals surface area contributed by atoms with Gasteiger partial charge in [0.05, 0.1) is 6.42 Å². The summed E-state index contributed by atoms with van der Waals surface area (Å²) in [5.74, 6) is 0.164. The molecule has 0 radical (unpaired) electrons. The average molecular weight is 235 g/mol. The molecule has 1 rings (SSSR count). The third-order valence-electron chi connectivity index (χ3n) is 2.70. The third-order valence-corrected chi connectivity index (χ3v) is 2.70. The van der Waals surface area contributed by atoms with Crippen molar-refractivity contribution in [3.05, 3.63) is 29.8 Å². The maximum absolute atomic E-state index is 11.6. The summed E-state index contributed by atoms with van der Waals surface area (Å²) < 4.78 is 0. The first-order chi connectivity index (χ1) is 8.24. The van der Waals surface area contributed by atoms with Crippen molar-refractivity contribution in [3.8, 4) is 5.75 Å². The van der Waals surface area contributed by atoms with Crippen LogP contribution >= 0.6 is 0 Å². The highest BCUT2D eigenvalue weighted by Crippen LogP contribution is 2.15.